The van der Waals surface area contributed by atoms with Gasteiger partial charge in [0.25, 0.3) is 5.91 Å². The maximum Gasteiger partial charge on any atom is 0.255 e. The fourth-order valence-corrected chi connectivity index (χ4v) is 3.00. The highest BCUT2D eigenvalue weighted by Gasteiger charge is 2.19. The smallest absolute Gasteiger partial charge is 0.255 e. The predicted octanol–water partition coefficient (Wildman–Crippen LogP) is 1.78. The summed E-state index contributed by atoms with van der Waals surface area (Å²) in [6.45, 7) is -0.157. The Hall–Kier alpha value is -2.58. The Morgan fingerprint density at radius 2 is 1.92 bits per heavy atom. The molecule has 6 nitrogen and oxygen atoms in total. The number of carbonyl (C=O) groups is 1. The number of sulfonamides is 1. The zero-order chi connectivity index (χ0) is 19.0. The Labute approximate surface area is 152 Å². The van der Waals surface area contributed by atoms with E-state index in [2.05, 4.69) is 10.5 Å². The van der Waals surface area contributed by atoms with Crippen LogP contribution in [0, 0.1) is 5.82 Å². The summed E-state index contributed by atoms with van der Waals surface area (Å²) in [6, 6.07) is 15.1. The first-order valence-electron chi connectivity index (χ1n) is 7.91. The minimum Gasteiger partial charge on any atom is -0.272 e. The SMILES string of the molecule is CS(=O)(=O)N(CCc1ccccc1)CC(=O)N/N=C/c1cccc(F)c1. The zero-order valence-corrected chi connectivity index (χ0v) is 15.1. The number of carbonyl (C=O) groups excluding carboxylic acids is 1. The van der Waals surface area contributed by atoms with Crippen molar-refractivity contribution in [1.82, 2.24) is 9.73 Å². The highest BCUT2D eigenvalue weighted by molar-refractivity contribution is 7.88. The van der Waals surface area contributed by atoms with Crippen molar-refractivity contribution in [3.05, 3.63) is 71.5 Å². The molecule has 0 aromatic heterocycles. The number of amides is 1. The molecule has 8 heteroatoms. The quantitative estimate of drug-likeness (QED) is 0.563. The van der Waals surface area contributed by atoms with Gasteiger partial charge in [0.2, 0.25) is 10.0 Å². The number of hydrazone groups is 1. The second-order valence-corrected chi connectivity index (χ2v) is 7.66. The number of nitrogens with one attached hydrogen (secondary N) is 1. The first-order valence-corrected chi connectivity index (χ1v) is 9.76. The zero-order valence-electron chi connectivity index (χ0n) is 14.3. The lowest BCUT2D eigenvalue weighted by Gasteiger charge is -2.18. The highest BCUT2D eigenvalue weighted by atomic mass is 32.2. The fourth-order valence-electron chi connectivity index (χ4n) is 2.22. The number of rotatable bonds is 8. The van der Waals surface area contributed by atoms with Crippen LogP contribution in [0.2, 0.25) is 0 Å². The lowest BCUT2D eigenvalue weighted by Crippen LogP contribution is -2.40. The molecule has 0 radical (unpaired) electrons. The molecule has 0 bridgehead atoms. The van der Waals surface area contributed by atoms with E-state index in [0.717, 1.165) is 16.1 Å². The summed E-state index contributed by atoms with van der Waals surface area (Å²) in [7, 11) is -3.54. The molecule has 0 aliphatic heterocycles. The average Bonchev–Trinajstić information content (AvgIpc) is 2.58. The molecule has 0 saturated carbocycles. The number of nitrogens with zero attached hydrogens (tertiary/aromatic N) is 2. The van der Waals surface area contributed by atoms with Crippen LogP contribution in [-0.4, -0.2) is 44.2 Å². The fraction of sp³-hybridized carbons (Fsp3) is 0.222. The van der Waals surface area contributed by atoms with Gasteiger partial charge in [0.15, 0.2) is 0 Å². The van der Waals surface area contributed by atoms with Crippen LogP contribution in [-0.2, 0) is 21.2 Å². The van der Waals surface area contributed by atoms with Crippen molar-refractivity contribution in [1.29, 1.82) is 0 Å². The van der Waals surface area contributed by atoms with Crippen LogP contribution in [0.1, 0.15) is 11.1 Å². The van der Waals surface area contributed by atoms with Crippen molar-refractivity contribution in [3.8, 4) is 0 Å². The van der Waals surface area contributed by atoms with Gasteiger partial charge in [0.1, 0.15) is 5.82 Å². The highest BCUT2D eigenvalue weighted by Crippen LogP contribution is 2.05. The first kappa shape index (κ1) is 19.7. The maximum absolute atomic E-state index is 13.1. The third kappa shape index (κ3) is 6.73. The molecule has 0 spiro atoms. The third-order valence-corrected chi connectivity index (χ3v) is 4.78. The Kier molecular flexibility index (Phi) is 6.99. The summed E-state index contributed by atoms with van der Waals surface area (Å²) >= 11 is 0. The molecule has 0 aliphatic carbocycles. The summed E-state index contributed by atoms with van der Waals surface area (Å²) in [6.07, 6.45) is 2.84. The van der Waals surface area contributed by atoms with Crippen LogP contribution < -0.4 is 5.43 Å². The van der Waals surface area contributed by atoms with E-state index in [9.17, 15) is 17.6 Å². The molecule has 0 heterocycles. The van der Waals surface area contributed by atoms with Crippen LogP contribution in [0.3, 0.4) is 0 Å². The van der Waals surface area contributed by atoms with Gasteiger partial charge in [-0.1, -0.05) is 42.5 Å². The number of benzene rings is 2. The minimum absolute atomic E-state index is 0.184. The monoisotopic (exact) mass is 377 g/mol. The molecule has 2 aromatic rings. The second kappa shape index (κ2) is 9.21. The lowest BCUT2D eigenvalue weighted by atomic mass is 10.1. The molecule has 0 unspecified atom stereocenters. The normalized spacial score (nSPS) is 11.8. The van der Waals surface area contributed by atoms with Crippen molar-refractivity contribution in [2.45, 2.75) is 6.42 Å². The van der Waals surface area contributed by atoms with Gasteiger partial charge in [0.05, 0.1) is 19.0 Å². The van der Waals surface area contributed by atoms with Gasteiger partial charge in [0, 0.05) is 6.54 Å². The van der Waals surface area contributed by atoms with Crippen molar-refractivity contribution in [2.24, 2.45) is 5.10 Å². The molecule has 2 rings (SSSR count). The molecule has 0 saturated heterocycles. The van der Waals surface area contributed by atoms with Crippen molar-refractivity contribution >= 4 is 22.1 Å². The number of halogens is 1. The van der Waals surface area contributed by atoms with E-state index < -0.39 is 21.7 Å². The van der Waals surface area contributed by atoms with E-state index in [1.165, 1.54) is 24.4 Å². The molecule has 26 heavy (non-hydrogen) atoms. The molecule has 138 valence electrons. The summed E-state index contributed by atoms with van der Waals surface area (Å²) in [5.41, 5.74) is 3.71. The predicted molar refractivity (Wildman–Crippen MR) is 98.7 cm³/mol. The Morgan fingerprint density at radius 1 is 1.19 bits per heavy atom. The number of hydrogen-bond acceptors (Lipinski definition) is 4. The molecule has 0 atom stereocenters. The molecular formula is C18H20FN3O3S. The van der Waals surface area contributed by atoms with Crippen LogP contribution in [0.4, 0.5) is 4.39 Å². The van der Waals surface area contributed by atoms with E-state index >= 15 is 0 Å². The van der Waals surface area contributed by atoms with Crippen molar-refractivity contribution in [2.75, 3.05) is 19.3 Å². The maximum atomic E-state index is 13.1. The van der Waals surface area contributed by atoms with Gasteiger partial charge in [-0.2, -0.15) is 9.41 Å². The largest absolute Gasteiger partial charge is 0.272 e. The van der Waals surface area contributed by atoms with E-state index in [1.54, 1.807) is 6.07 Å². The Balaban J connectivity index is 1.91. The minimum atomic E-state index is -3.54. The molecule has 0 aliphatic rings. The van der Waals surface area contributed by atoms with Crippen LogP contribution in [0.5, 0.6) is 0 Å². The Bertz CT molecular complexity index is 870. The Morgan fingerprint density at radius 3 is 2.58 bits per heavy atom. The molecule has 1 N–H and O–H groups in total. The van der Waals surface area contributed by atoms with Gasteiger partial charge in [-0.25, -0.2) is 18.2 Å². The molecule has 1 amide bonds. The standard InChI is InChI=1S/C18H20FN3O3S/c1-26(24,25)22(11-10-15-6-3-2-4-7-15)14-18(23)21-20-13-16-8-5-9-17(19)12-16/h2-9,12-13H,10-11,14H2,1H3,(H,21,23)/b20-13+. The van der Waals surface area contributed by atoms with Crippen LogP contribution in [0.15, 0.2) is 59.7 Å². The molecular weight excluding hydrogens is 357 g/mol. The van der Waals surface area contributed by atoms with Gasteiger partial charge in [-0.3, -0.25) is 4.79 Å². The molecule has 2 aromatic carbocycles. The average molecular weight is 377 g/mol. The second-order valence-electron chi connectivity index (χ2n) is 5.68. The lowest BCUT2D eigenvalue weighted by molar-refractivity contribution is -0.121. The first-order chi connectivity index (χ1) is 12.3. The van der Waals surface area contributed by atoms with Crippen molar-refractivity contribution < 1.29 is 17.6 Å². The summed E-state index contributed by atoms with van der Waals surface area (Å²) in [4.78, 5) is 12.0. The van der Waals surface area contributed by atoms with E-state index in [-0.39, 0.29) is 13.1 Å². The van der Waals surface area contributed by atoms with Gasteiger partial charge in [-0.05, 0) is 29.7 Å². The number of hydrogen-bond donors (Lipinski definition) is 1. The van der Waals surface area contributed by atoms with Gasteiger partial charge >= 0.3 is 0 Å². The van der Waals surface area contributed by atoms with Gasteiger partial charge < -0.3 is 0 Å². The van der Waals surface area contributed by atoms with E-state index in [0.29, 0.717) is 12.0 Å². The topological polar surface area (TPSA) is 78.8 Å². The summed E-state index contributed by atoms with van der Waals surface area (Å²) in [5.74, 6) is -0.986. The summed E-state index contributed by atoms with van der Waals surface area (Å²) < 4.78 is 37.9. The van der Waals surface area contributed by atoms with E-state index in [1.807, 2.05) is 30.3 Å². The molecule has 0 fully saturated rings. The van der Waals surface area contributed by atoms with Gasteiger partial charge in [-0.15, -0.1) is 0 Å². The van der Waals surface area contributed by atoms with E-state index in [4.69, 9.17) is 0 Å². The van der Waals surface area contributed by atoms with Crippen molar-refractivity contribution in [3.63, 3.8) is 0 Å². The van der Waals surface area contributed by atoms with Crippen LogP contribution in [0.25, 0.3) is 0 Å². The van der Waals surface area contributed by atoms with Crippen LogP contribution >= 0.6 is 0 Å². The summed E-state index contributed by atoms with van der Waals surface area (Å²) in [5, 5.41) is 3.72. The third-order valence-electron chi connectivity index (χ3n) is 3.53.